The number of sulfone groups is 1. The van der Waals surface area contributed by atoms with E-state index in [4.69, 9.17) is 0 Å². The van der Waals surface area contributed by atoms with E-state index < -0.39 is 9.84 Å². The minimum absolute atomic E-state index is 0.0858. The van der Waals surface area contributed by atoms with E-state index >= 15 is 0 Å². The van der Waals surface area contributed by atoms with Crippen molar-refractivity contribution in [3.8, 4) is 0 Å². The van der Waals surface area contributed by atoms with Gasteiger partial charge in [-0.05, 0) is 25.0 Å². The predicted molar refractivity (Wildman–Crippen MR) is 105 cm³/mol. The van der Waals surface area contributed by atoms with Crippen molar-refractivity contribution in [3.05, 3.63) is 53.9 Å². The van der Waals surface area contributed by atoms with E-state index in [1.54, 1.807) is 10.9 Å². The fourth-order valence-corrected chi connectivity index (χ4v) is 3.89. The van der Waals surface area contributed by atoms with Crippen molar-refractivity contribution < 1.29 is 8.42 Å². The van der Waals surface area contributed by atoms with Gasteiger partial charge in [-0.2, -0.15) is 5.10 Å². The molecule has 0 spiro atoms. The van der Waals surface area contributed by atoms with Crippen molar-refractivity contribution in [2.45, 2.75) is 25.6 Å². The Morgan fingerprint density at radius 3 is 2.62 bits per heavy atom. The van der Waals surface area contributed by atoms with E-state index in [1.807, 2.05) is 50.4 Å². The van der Waals surface area contributed by atoms with Gasteiger partial charge in [-0.25, -0.2) is 13.4 Å². The molecule has 7 nitrogen and oxygen atoms in total. The molecule has 0 atom stereocenters. The summed E-state index contributed by atoms with van der Waals surface area (Å²) in [6, 6.07) is 11.2. The summed E-state index contributed by atoms with van der Waals surface area (Å²) in [7, 11) is -1.23. The van der Waals surface area contributed by atoms with E-state index in [-0.39, 0.29) is 11.5 Å². The molecule has 0 aliphatic carbocycles. The third-order valence-corrected chi connectivity index (χ3v) is 5.50. The average molecular weight is 378 g/mol. The number of hydrogen-bond donors (Lipinski definition) is 2. The van der Waals surface area contributed by atoms with Crippen LogP contribution in [-0.4, -0.2) is 43.0 Å². The standard InChI is InChI=1S/C18H27N5O2S/c1-3-19-18(21-14-17-10-12-22-23(17)2)20-11-7-13-26(24,25)15-16-8-5-4-6-9-16/h4-6,8-10,12H,3,7,11,13-15H2,1-2H3,(H2,19,20,21). The number of guanidine groups is 1. The number of rotatable bonds is 9. The van der Waals surface area contributed by atoms with E-state index in [1.165, 1.54) is 0 Å². The predicted octanol–water partition coefficient (Wildman–Crippen LogP) is 1.48. The number of benzene rings is 1. The first kappa shape index (κ1) is 20.0. The highest BCUT2D eigenvalue weighted by Crippen LogP contribution is 2.07. The van der Waals surface area contributed by atoms with E-state index in [0.29, 0.717) is 25.5 Å². The maximum Gasteiger partial charge on any atom is 0.191 e. The van der Waals surface area contributed by atoms with Crippen LogP contribution in [0.25, 0.3) is 0 Å². The summed E-state index contributed by atoms with van der Waals surface area (Å²) in [5, 5.41) is 10.5. The van der Waals surface area contributed by atoms with Crippen LogP contribution < -0.4 is 10.6 Å². The van der Waals surface area contributed by atoms with Crippen LogP contribution in [0.15, 0.2) is 47.6 Å². The molecular formula is C18H27N5O2S. The zero-order valence-electron chi connectivity index (χ0n) is 15.4. The third kappa shape index (κ3) is 6.87. The Labute approximate surface area is 155 Å². The van der Waals surface area contributed by atoms with Crippen LogP contribution in [0.2, 0.25) is 0 Å². The maximum absolute atomic E-state index is 12.2. The maximum atomic E-state index is 12.2. The molecule has 0 aliphatic rings. The van der Waals surface area contributed by atoms with Gasteiger partial charge in [0.1, 0.15) is 0 Å². The third-order valence-electron chi connectivity index (χ3n) is 3.82. The molecule has 0 amide bonds. The molecule has 0 saturated heterocycles. The first-order valence-corrected chi connectivity index (χ1v) is 10.6. The van der Waals surface area contributed by atoms with Gasteiger partial charge < -0.3 is 10.6 Å². The number of aromatic nitrogens is 2. The topological polar surface area (TPSA) is 88.4 Å². The second-order valence-electron chi connectivity index (χ2n) is 6.00. The summed E-state index contributed by atoms with van der Waals surface area (Å²) in [6.45, 7) is 3.79. The van der Waals surface area contributed by atoms with Gasteiger partial charge in [0, 0.05) is 26.3 Å². The quantitative estimate of drug-likeness (QED) is 0.393. The highest BCUT2D eigenvalue weighted by Gasteiger charge is 2.11. The normalized spacial score (nSPS) is 12.2. The summed E-state index contributed by atoms with van der Waals surface area (Å²) in [6.07, 6.45) is 2.27. The number of nitrogens with one attached hydrogen (secondary N) is 2. The van der Waals surface area contributed by atoms with Crippen molar-refractivity contribution >= 4 is 15.8 Å². The lowest BCUT2D eigenvalue weighted by Gasteiger charge is -2.11. The lowest BCUT2D eigenvalue weighted by atomic mass is 10.2. The fourth-order valence-electron chi connectivity index (χ4n) is 2.46. The molecule has 1 aromatic heterocycles. The molecular weight excluding hydrogens is 350 g/mol. The minimum atomic E-state index is -3.11. The monoisotopic (exact) mass is 377 g/mol. The molecule has 0 bridgehead atoms. The SMILES string of the molecule is CCNC(=NCc1ccnn1C)NCCCS(=O)(=O)Cc1ccccc1. The van der Waals surface area contributed by atoms with E-state index in [9.17, 15) is 8.42 Å². The molecule has 1 aromatic carbocycles. The molecule has 142 valence electrons. The Bertz CT molecular complexity index is 800. The summed E-state index contributed by atoms with van der Waals surface area (Å²) < 4.78 is 26.2. The van der Waals surface area contributed by atoms with Crippen LogP contribution in [-0.2, 0) is 29.2 Å². The Balaban J connectivity index is 1.79. The van der Waals surface area contributed by atoms with Gasteiger partial charge in [0.05, 0.1) is 23.7 Å². The smallest absolute Gasteiger partial charge is 0.191 e. The molecule has 2 aromatic rings. The average Bonchev–Trinajstić information content (AvgIpc) is 3.02. The molecule has 26 heavy (non-hydrogen) atoms. The Hall–Kier alpha value is -2.35. The molecule has 0 saturated carbocycles. The highest BCUT2D eigenvalue weighted by molar-refractivity contribution is 7.90. The van der Waals surface area contributed by atoms with Crippen molar-refractivity contribution in [2.75, 3.05) is 18.8 Å². The Kier molecular flexibility index (Phi) is 7.65. The first-order valence-electron chi connectivity index (χ1n) is 8.73. The largest absolute Gasteiger partial charge is 0.357 e. The zero-order valence-corrected chi connectivity index (χ0v) is 16.2. The van der Waals surface area contributed by atoms with Crippen LogP contribution in [0.4, 0.5) is 0 Å². The summed E-state index contributed by atoms with van der Waals surface area (Å²) in [5.74, 6) is 0.910. The second-order valence-corrected chi connectivity index (χ2v) is 8.18. The van der Waals surface area contributed by atoms with Crippen molar-refractivity contribution in [2.24, 2.45) is 12.0 Å². The van der Waals surface area contributed by atoms with Gasteiger partial charge in [0.15, 0.2) is 15.8 Å². The molecule has 0 radical (unpaired) electrons. The number of nitrogens with zero attached hydrogens (tertiary/aromatic N) is 3. The summed E-state index contributed by atoms with van der Waals surface area (Å²) >= 11 is 0. The molecule has 0 fully saturated rings. The molecule has 2 rings (SSSR count). The van der Waals surface area contributed by atoms with E-state index in [0.717, 1.165) is 17.8 Å². The summed E-state index contributed by atoms with van der Waals surface area (Å²) in [4.78, 5) is 4.50. The van der Waals surface area contributed by atoms with Crippen LogP contribution in [0.1, 0.15) is 24.6 Å². The minimum Gasteiger partial charge on any atom is -0.357 e. The Morgan fingerprint density at radius 1 is 1.19 bits per heavy atom. The lowest BCUT2D eigenvalue weighted by molar-refractivity contribution is 0.591. The molecule has 0 unspecified atom stereocenters. The molecule has 1 heterocycles. The van der Waals surface area contributed by atoms with Crippen LogP contribution in [0, 0.1) is 0 Å². The summed E-state index contributed by atoms with van der Waals surface area (Å²) in [5.41, 5.74) is 1.83. The highest BCUT2D eigenvalue weighted by atomic mass is 32.2. The van der Waals surface area contributed by atoms with Crippen LogP contribution in [0.3, 0.4) is 0 Å². The van der Waals surface area contributed by atoms with Gasteiger partial charge in [-0.15, -0.1) is 0 Å². The van der Waals surface area contributed by atoms with Crippen molar-refractivity contribution in [1.29, 1.82) is 0 Å². The fraction of sp³-hybridized carbons (Fsp3) is 0.444. The number of aliphatic imine (C=N–C) groups is 1. The second kappa shape index (κ2) is 9.96. The van der Waals surface area contributed by atoms with Crippen molar-refractivity contribution in [1.82, 2.24) is 20.4 Å². The Morgan fingerprint density at radius 2 is 1.96 bits per heavy atom. The first-order chi connectivity index (χ1) is 12.5. The van der Waals surface area contributed by atoms with Crippen molar-refractivity contribution in [3.63, 3.8) is 0 Å². The lowest BCUT2D eigenvalue weighted by Crippen LogP contribution is -2.38. The van der Waals surface area contributed by atoms with Gasteiger partial charge >= 0.3 is 0 Å². The molecule has 8 heteroatoms. The van der Waals surface area contributed by atoms with Gasteiger partial charge in [0.25, 0.3) is 0 Å². The van der Waals surface area contributed by atoms with Gasteiger partial charge in [-0.3, -0.25) is 4.68 Å². The molecule has 2 N–H and O–H groups in total. The van der Waals surface area contributed by atoms with Crippen LogP contribution >= 0.6 is 0 Å². The van der Waals surface area contributed by atoms with Gasteiger partial charge in [-0.1, -0.05) is 30.3 Å². The van der Waals surface area contributed by atoms with Gasteiger partial charge in [0.2, 0.25) is 0 Å². The zero-order chi connectivity index (χ0) is 18.8. The van der Waals surface area contributed by atoms with E-state index in [2.05, 4.69) is 20.7 Å². The van der Waals surface area contributed by atoms with Crippen LogP contribution in [0.5, 0.6) is 0 Å². The number of aryl methyl sites for hydroxylation is 1. The molecule has 0 aliphatic heterocycles. The number of hydrogen-bond acceptors (Lipinski definition) is 4.